The molecule has 0 radical (unpaired) electrons. The van der Waals surface area contributed by atoms with Crippen LogP contribution < -0.4 is 0 Å². The van der Waals surface area contributed by atoms with E-state index in [1.807, 2.05) is 0 Å². The molecule has 0 spiro atoms. The molecule has 9 nitrogen and oxygen atoms in total. The number of carbonyl (C=O) groups excluding carboxylic acids is 3. The van der Waals surface area contributed by atoms with Gasteiger partial charge in [0, 0.05) is 18.1 Å². The van der Waals surface area contributed by atoms with Crippen molar-refractivity contribution in [2.24, 2.45) is 11.8 Å². The molecule has 0 aromatic heterocycles. The van der Waals surface area contributed by atoms with Crippen molar-refractivity contribution in [3.8, 4) is 0 Å². The number of amides is 1. The number of hydrogen-bond acceptors (Lipinski definition) is 7. The Morgan fingerprint density at radius 1 is 1.35 bits per heavy atom. The number of nitrogens with zero attached hydrogens (tertiary/aromatic N) is 2. The summed E-state index contributed by atoms with van der Waals surface area (Å²) in [5.74, 6) is -2.90. The van der Waals surface area contributed by atoms with E-state index >= 15 is 0 Å². The Morgan fingerprint density at radius 3 is 2.50 bits per heavy atom. The van der Waals surface area contributed by atoms with E-state index < -0.39 is 52.6 Å². The first-order valence-electron chi connectivity index (χ1n) is 8.18. The van der Waals surface area contributed by atoms with Crippen LogP contribution in [0.3, 0.4) is 0 Å². The second-order valence-electron chi connectivity index (χ2n) is 6.63. The van der Waals surface area contributed by atoms with Gasteiger partial charge in [-0.15, -0.1) is 0 Å². The van der Waals surface area contributed by atoms with Gasteiger partial charge in [0.1, 0.15) is 6.61 Å². The highest BCUT2D eigenvalue weighted by molar-refractivity contribution is 6.12. The van der Waals surface area contributed by atoms with Crippen LogP contribution in [0, 0.1) is 22.0 Å². The van der Waals surface area contributed by atoms with Crippen LogP contribution in [-0.2, 0) is 25.7 Å². The van der Waals surface area contributed by atoms with Gasteiger partial charge in [0.2, 0.25) is 5.91 Å². The number of Topliss-reactive ketones (excluding diaryl/α,β-unsaturated/α-hetero) is 1. The molecule has 1 aromatic rings. The molecule has 0 aliphatic carbocycles. The van der Waals surface area contributed by atoms with Crippen LogP contribution in [0.5, 0.6) is 0 Å². The largest absolute Gasteiger partial charge is 0.459 e. The third-order valence-electron chi connectivity index (χ3n) is 5.01. The summed E-state index contributed by atoms with van der Waals surface area (Å²) in [6.45, 7) is 2.95. The zero-order valence-corrected chi connectivity index (χ0v) is 14.2. The predicted octanol–water partition coefficient (Wildman–Crippen LogP) is 0.433. The van der Waals surface area contributed by atoms with Crippen LogP contribution >= 0.6 is 0 Å². The number of carbonyl (C=O) groups is 3. The molecule has 2 aliphatic heterocycles. The van der Waals surface area contributed by atoms with Gasteiger partial charge in [0.25, 0.3) is 5.69 Å². The molecule has 138 valence electrons. The Balaban J connectivity index is 1.67. The fourth-order valence-electron chi connectivity index (χ4n) is 3.63. The second-order valence-corrected chi connectivity index (χ2v) is 6.63. The number of hydrogen-bond donors (Lipinski definition) is 1. The van der Waals surface area contributed by atoms with Crippen LogP contribution in [-0.4, -0.2) is 50.8 Å². The Bertz CT molecular complexity index is 774. The van der Waals surface area contributed by atoms with Crippen LogP contribution in [0.1, 0.15) is 19.4 Å². The molecule has 2 aliphatic rings. The lowest BCUT2D eigenvalue weighted by atomic mass is 9.79. The minimum atomic E-state index is -1.30. The number of ether oxygens (including phenoxy) is 1. The van der Waals surface area contributed by atoms with Crippen molar-refractivity contribution in [2.75, 3.05) is 0 Å². The lowest BCUT2D eigenvalue weighted by Gasteiger charge is -2.46. The van der Waals surface area contributed by atoms with Gasteiger partial charge in [-0.25, -0.2) is 4.79 Å². The number of benzene rings is 1. The number of nitro groups is 1. The SMILES string of the molecule is C[C@@H]1C(=O)C(C(=O)OCc2ccc([N+](=O)[O-])cc2)N2C(=O)[C@H]([C@@H](C)O)[C@H]12. The van der Waals surface area contributed by atoms with Gasteiger partial charge in [-0.2, -0.15) is 0 Å². The van der Waals surface area contributed by atoms with Crippen molar-refractivity contribution >= 4 is 23.3 Å². The fourth-order valence-corrected chi connectivity index (χ4v) is 3.63. The Labute approximate surface area is 148 Å². The average Bonchev–Trinajstić information content (AvgIpc) is 2.81. The smallest absolute Gasteiger partial charge is 0.337 e. The Morgan fingerprint density at radius 2 is 1.96 bits per heavy atom. The van der Waals surface area contributed by atoms with Gasteiger partial charge < -0.3 is 14.7 Å². The van der Waals surface area contributed by atoms with Crippen LogP contribution in [0.15, 0.2) is 24.3 Å². The van der Waals surface area contributed by atoms with Crippen molar-refractivity contribution < 1.29 is 29.2 Å². The maximum atomic E-state index is 12.4. The minimum Gasteiger partial charge on any atom is -0.459 e. The molecule has 2 fully saturated rings. The van der Waals surface area contributed by atoms with E-state index in [4.69, 9.17) is 4.74 Å². The minimum absolute atomic E-state index is 0.0851. The molecule has 3 rings (SSSR count). The normalized spacial score (nSPS) is 28.3. The summed E-state index contributed by atoms with van der Waals surface area (Å²) in [6.07, 6.45) is -0.895. The third kappa shape index (κ3) is 2.74. The summed E-state index contributed by atoms with van der Waals surface area (Å²) in [6, 6.07) is 3.68. The molecule has 0 saturated carbocycles. The highest BCUT2D eigenvalue weighted by Gasteiger charge is 2.64. The molecule has 2 saturated heterocycles. The quantitative estimate of drug-likeness (QED) is 0.265. The standard InChI is InChI=1S/C17H18N2O7/c1-8-13-12(9(2)20)16(22)18(13)14(15(8)21)17(23)26-7-10-3-5-11(6-4-10)19(24)25/h3-6,8-9,12-14,20H,7H2,1-2H3/t8-,9+,12+,13-,14?/m0/s1. The molecule has 5 atom stereocenters. The fraction of sp³-hybridized carbons (Fsp3) is 0.471. The number of aliphatic hydroxyl groups excluding tert-OH is 1. The number of fused-ring (bicyclic) bond motifs is 1. The number of nitro benzene ring substituents is 1. The van der Waals surface area contributed by atoms with Crippen LogP contribution in [0.4, 0.5) is 5.69 Å². The van der Waals surface area contributed by atoms with E-state index in [1.54, 1.807) is 6.92 Å². The first kappa shape index (κ1) is 18.0. The lowest BCUT2D eigenvalue weighted by molar-refractivity contribution is -0.384. The van der Waals surface area contributed by atoms with Gasteiger partial charge in [-0.1, -0.05) is 6.92 Å². The maximum Gasteiger partial charge on any atom is 0.337 e. The highest BCUT2D eigenvalue weighted by atomic mass is 16.6. The zero-order chi connectivity index (χ0) is 19.2. The molecule has 26 heavy (non-hydrogen) atoms. The van der Waals surface area contributed by atoms with Gasteiger partial charge in [-0.05, 0) is 24.6 Å². The van der Waals surface area contributed by atoms with Gasteiger partial charge in [0.15, 0.2) is 11.8 Å². The molecule has 1 N–H and O–H groups in total. The van der Waals surface area contributed by atoms with Crippen LogP contribution in [0.25, 0.3) is 0 Å². The van der Waals surface area contributed by atoms with Crippen molar-refractivity contribution in [2.45, 2.75) is 38.6 Å². The first-order chi connectivity index (χ1) is 12.2. The molecular weight excluding hydrogens is 344 g/mol. The Hall–Kier alpha value is -2.81. The third-order valence-corrected chi connectivity index (χ3v) is 5.01. The summed E-state index contributed by atoms with van der Waals surface area (Å²) in [4.78, 5) is 48.2. The summed E-state index contributed by atoms with van der Waals surface area (Å²) in [7, 11) is 0. The van der Waals surface area contributed by atoms with E-state index in [2.05, 4.69) is 0 Å². The summed E-state index contributed by atoms with van der Waals surface area (Å²) in [5.41, 5.74) is 0.439. The van der Waals surface area contributed by atoms with Crippen molar-refractivity contribution in [1.82, 2.24) is 4.90 Å². The lowest BCUT2D eigenvalue weighted by Crippen LogP contribution is -2.65. The molecule has 1 amide bonds. The number of esters is 1. The number of rotatable bonds is 5. The summed E-state index contributed by atoms with van der Waals surface area (Å²) < 4.78 is 5.14. The van der Waals surface area contributed by atoms with Crippen LogP contribution in [0.2, 0.25) is 0 Å². The van der Waals surface area contributed by atoms with Gasteiger partial charge in [-0.3, -0.25) is 19.7 Å². The number of non-ortho nitro benzene ring substituents is 1. The molecule has 1 unspecified atom stereocenters. The van der Waals surface area contributed by atoms with E-state index in [0.717, 1.165) is 0 Å². The number of aliphatic hydroxyl groups is 1. The Kier molecular flexibility index (Phi) is 4.49. The molecule has 2 heterocycles. The summed E-state index contributed by atoms with van der Waals surface area (Å²) >= 11 is 0. The molecule has 1 aromatic carbocycles. The second kappa shape index (κ2) is 6.49. The monoisotopic (exact) mass is 362 g/mol. The molecule has 9 heteroatoms. The highest BCUT2D eigenvalue weighted by Crippen LogP contribution is 2.43. The van der Waals surface area contributed by atoms with E-state index in [9.17, 15) is 29.6 Å². The first-order valence-corrected chi connectivity index (χ1v) is 8.18. The summed E-state index contributed by atoms with van der Waals surface area (Å²) in [5, 5.41) is 20.3. The van der Waals surface area contributed by atoms with Crippen molar-refractivity contribution in [3.63, 3.8) is 0 Å². The maximum absolute atomic E-state index is 12.4. The zero-order valence-electron chi connectivity index (χ0n) is 14.2. The van der Waals surface area contributed by atoms with Crippen molar-refractivity contribution in [3.05, 3.63) is 39.9 Å². The molecular formula is C17H18N2O7. The van der Waals surface area contributed by atoms with Crippen molar-refractivity contribution in [1.29, 1.82) is 0 Å². The average molecular weight is 362 g/mol. The number of β-lactam (4-membered cyclic amide) rings is 1. The van der Waals surface area contributed by atoms with Gasteiger partial charge >= 0.3 is 5.97 Å². The van der Waals surface area contributed by atoms with E-state index in [1.165, 1.54) is 36.1 Å². The predicted molar refractivity (Wildman–Crippen MR) is 86.7 cm³/mol. The molecule has 0 bridgehead atoms. The number of ketones is 1. The van der Waals surface area contributed by atoms with E-state index in [-0.39, 0.29) is 12.3 Å². The topological polar surface area (TPSA) is 127 Å². The van der Waals surface area contributed by atoms with Gasteiger partial charge in [0.05, 0.1) is 23.0 Å². The van der Waals surface area contributed by atoms with E-state index in [0.29, 0.717) is 5.56 Å².